The predicted molar refractivity (Wildman–Crippen MR) is 134 cm³/mol. The molecule has 0 saturated carbocycles. The lowest BCUT2D eigenvalue weighted by Crippen LogP contribution is -2.36. The van der Waals surface area contributed by atoms with Crippen LogP contribution in [0, 0.1) is 5.92 Å². The number of hydrogen-bond donors (Lipinski definition) is 0. The fourth-order valence-electron chi connectivity index (χ4n) is 4.64. The molecular weight excluding hydrogens is 512 g/mol. The quantitative estimate of drug-likeness (QED) is 0.400. The fourth-order valence-corrected chi connectivity index (χ4v) is 4.91. The number of carbonyl (C=O) groups excluding carboxylic acids is 2. The Morgan fingerprint density at radius 1 is 0.914 bits per heavy atom. The Kier molecular flexibility index (Phi) is 6.60. The van der Waals surface area contributed by atoms with E-state index in [1.54, 1.807) is 36.4 Å². The van der Waals surface area contributed by atoms with Crippen LogP contribution in [-0.2, 0) is 21.0 Å². The molecule has 2 fully saturated rings. The smallest absolute Gasteiger partial charge is 0.265 e. The number of nitrogens with zero attached hydrogens (tertiary/aromatic N) is 2. The van der Waals surface area contributed by atoms with Crippen LogP contribution in [0.4, 0.5) is 5.69 Å². The summed E-state index contributed by atoms with van der Waals surface area (Å²) >= 11 is 3.39. The maximum Gasteiger partial charge on any atom is 0.265 e. The Bertz CT molecular complexity index is 1230. The van der Waals surface area contributed by atoms with Crippen LogP contribution >= 0.6 is 15.9 Å². The fraction of sp³-hybridized carbons (Fsp3) is 0.259. The van der Waals surface area contributed by atoms with Crippen molar-refractivity contribution in [1.29, 1.82) is 0 Å². The largest absolute Gasteiger partial charge is 0.490 e. The molecule has 0 aromatic heterocycles. The monoisotopic (exact) mass is 536 g/mol. The molecule has 0 unspecified atom stereocenters. The molecule has 180 valence electrons. The standard InChI is InChI=1S/C27H25BrN2O5/c1-3-33-22-15-18(9-14-21(22)34-16-17-7-5-4-6-8-17)24-23-25(35-29(24)2)27(32)30(26(23)31)20-12-10-19(28)11-13-20/h4-15,23-25H,3,16H2,1-2H3/t23-,24+,25-/m0/s1. The summed E-state index contributed by atoms with van der Waals surface area (Å²) in [6.45, 7) is 2.78. The average Bonchev–Trinajstić information content (AvgIpc) is 3.33. The molecule has 2 aliphatic heterocycles. The van der Waals surface area contributed by atoms with Crippen molar-refractivity contribution in [3.8, 4) is 11.5 Å². The van der Waals surface area contributed by atoms with E-state index in [2.05, 4.69) is 15.9 Å². The van der Waals surface area contributed by atoms with Crippen molar-refractivity contribution < 1.29 is 23.9 Å². The number of carbonyl (C=O) groups is 2. The van der Waals surface area contributed by atoms with Gasteiger partial charge in [-0.1, -0.05) is 52.3 Å². The zero-order chi connectivity index (χ0) is 24.5. The van der Waals surface area contributed by atoms with Crippen molar-refractivity contribution in [3.63, 3.8) is 0 Å². The number of halogens is 1. The number of ether oxygens (including phenoxy) is 2. The minimum absolute atomic E-state index is 0.279. The van der Waals surface area contributed by atoms with Gasteiger partial charge in [-0.15, -0.1) is 0 Å². The van der Waals surface area contributed by atoms with E-state index in [4.69, 9.17) is 14.3 Å². The Balaban J connectivity index is 1.42. The van der Waals surface area contributed by atoms with Crippen molar-refractivity contribution >= 4 is 33.4 Å². The van der Waals surface area contributed by atoms with E-state index >= 15 is 0 Å². The summed E-state index contributed by atoms with van der Waals surface area (Å²) < 4.78 is 12.8. The maximum absolute atomic E-state index is 13.5. The molecule has 0 N–H and O–H groups in total. The Labute approximate surface area is 212 Å². The topological polar surface area (TPSA) is 68.3 Å². The highest BCUT2D eigenvalue weighted by molar-refractivity contribution is 9.10. The Morgan fingerprint density at radius 3 is 2.37 bits per heavy atom. The van der Waals surface area contributed by atoms with E-state index in [-0.39, 0.29) is 11.8 Å². The highest BCUT2D eigenvalue weighted by atomic mass is 79.9. The molecule has 2 heterocycles. The summed E-state index contributed by atoms with van der Waals surface area (Å²) in [4.78, 5) is 33.7. The second-order valence-electron chi connectivity index (χ2n) is 8.44. The van der Waals surface area contributed by atoms with Gasteiger partial charge in [0.25, 0.3) is 5.91 Å². The van der Waals surface area contributed by atoms with E-state index in [9.17, 15) is 9.59 Å². The lowest BCUT2D eigenvalue weighted by atomic mass is 9.91. The van der Waals surface area contributed by atoms with Gasteiger partial charge < -0.3 is 9.47 Å². The molecule has 3 aromatic rings. The minimum Gasteiger partial charge on any atom is -0.490 e. The zero-order valence-corrected chi connectivity index (χ0v) is 21.0. The number of benzene rings is 3. The Hall–Kier alpha value is -3.20. The van der Waals surface area contributed by atoms with Crippen LogP contribution in [0.5, 0.6) is 11.5 Å². The minimum atomic E-state index is -0.870. The van der Waals surface area contributed by atoms with Crippen LogP contribution in [0.15, 0.2) is 77.3 Å². The summed E-state index contributed by atoms with van der Waals surface area (Å²) in [5, 5.41) is 1.60. The first-order valence-electron chi connectivity index (χ1n) is 11.4. The summed E-state index contributed by atoms with van der Waals surface area (Å²) in [5.74, 6) is -0.104. The van der Waals surface area contributed by atoms with E-state index < -0.39 is 18.1 Å². The lowest BCUT2D eigenvalue weighted by Gasteiger charge is -2.25. The van der Waals surface area contributed by atoms with E-state index in [1.807, 2.05) is 55.5 Å². The molecule has 3 atom stereocenters. The van der Waals surface area contributed by atoms with Crippen LogP contribution in [0.3, 0.4) is 0 Å². The number of fused-ring (bicyclic) bond motifs is 1. The molecule has 2 saturated heterocycles. The number of amides is 2. The number of anilines is 1. The van der Waals surface area contributed by atoms with Gasteiger partial charge in [0.05, 0.1) is 24.3 Å². The third-order valence-electron chi connectivity index (χ3n) is 6.24. The maximum atomic E-state index is 13.5. The molecule has 8 heteroatoms. The summed E-state index contributed by atoms with van der Waals surface area (Å²) in [6, 6.07) is 22.2. The second-order valence-corrected chi connectivity index (χ2v) is 9.36. The van der Waals surface area contributed by atoms with Crippen molar-refractivity contribution in [2.75, 3.05) is 18.6 Å². The summed E-state index contributed by atoms with van der Waals surface area (Å²) in [7, 11) is 1.74. The first-order chi connectivity index (χ1) is 17.0. The molecule has 2 amide bonds. The van der Waals surface area contributed by atoms with E-state index in [0.29, 0.717) is 30.4 Å². The number of hydrogen-bond acceptors (Lipinski definition) is 6. The highest BCUT2D eigenvalue weighted by Crippen LogP contribution is 2.46. The van der Waals surface area contributed by atoms with E-state index in [0.717, 1.165) is 15.6 Å². The molecule has 3 aromatic carbocycles. The molecule has 35 heavy (non-hydrogen) atoms. The molecule has 0 radical (unpaired) electrons. The molecular formula is C27H25BrN2O5. The van der Waals surface area contributed by atoms with Gasteiger partial charge >= 0.3 is 0 Å². The van der Waals surface area contributed by atoms with Gasteiger partial charge in [0.1, 0.15) is 6.61 Å². The SMILES string of the molecule is CCOc1cc([C@@H]2[C@@H]3C(=O)N(c4ccc(Br)cc4)C(=O)[C@H]3ON2C)ccc1OCc1ccccc1. The van der Waals surface area contributed by atoms with Crippen LogP contribution in [0.1, 0.15) is 24.1 Å². The van der Waals surface area contributed by atoms with Crippen LogP contribution in [-0.4, -0.2) is 36.6 Å². The number of rotatable bonds is 7. The van der Waals surface area contributed by atoms with Crippen molar-refractivity contribution in [2.24, 2.45) is 5.92 Å². The summed E-state index contributed by atoms with van der Waals surface area (Å²) in [6.07, 6.45) is -0.870. The van der Waals surface area contributed by atoms with Crippen LogP contribution in [0.2, 0.25) is 0 Å². The van der Waals surface area contributed by atoms with Crippen molar-refractivity contribution in [1.82, 2.24) is 5.06 Å². The lowest BCUT2D eigenvalue weighted by molar-refractivity contribution is -0.160. The first-order valence-corrected chi connectivity index (χ1v) is 12.2. The van der Waals surface area contributed by atoms with Gasteiger partial charge in [-0.05, 0) is 54.4 Å². The molecule has 0 aliphatic carbocycles. The van der Waals surface area contributed by atoms with Gasteiger partial charge in [0.15, 0.2) is 17.6 Å². The zero-order valence-electron chi connectivity index (χ0n) is 19.4. The average molecular weight is 537 g/mol. The first kappa shape index (κ1) is 23.5. The van der Waals surface area contributed by atoms with Crippen LogP contribution in [0.25, 0.3) is 0 Å². The second kappa shape index (κ2) is 9.81. The number of hydroxylamine groups is 2. The van der Waals surface area contributed by atoms with Crippen molar-refractivity contribution in [2.45, 2.75) is 25.7 Å². The molecule has 0 bridgehead atoms. The third kappa shape index (κ3) is 4.45. The Morgan fingerprint density at radius 2 is 1.66 bits per heavy atom. The highest BCUT2D eigenvalue weighted by Gasteiger charge is 2.59. The number of imide groups is 1. The predicted octanol–water partition coefficient (Wildman–Crippen LogP) is 4.90. The van der Waals surface area contributed by atoms with Gasteiger partial charge in [0.2, 0.25) is 5.91 Å². The van der Waals surface area contributed by atoms with Crippen LogP contribution < -0.4 is 14.4 Å². The molecule has 7 nitrogen and oxygen atoms in total. The van der Waals surface area contributed by atoms with Gasteiger partial charge in [-0.3, -0.25) is 14.4 Å². The normalized spacial score (nSPS) is 21.9. The van der Waals surface area contributed by atoms with E-state index in [1.165, 1.54) is 4.90 Å². The molecule has 2 aliphatic rings. The van der Waals surface area contributed by atoms with Crippen molar-refractivity contribution in [3.05, 3.63) is 88.4 Å². The summed E-state index contributed by atoms with van der Waals surface area (Å²) in [5.41, 5.74) is 2.39. The van der Waals surface area contributed by atoms with Gasteiger partial charge in [-0.25, -0.2) is 4.90 Å². The molecule has 5 rings (SSSR count). The van der Waals surface area contributed by atoms with Gasteiger partial charge in [0, 0.05) is 11.5 Å². The molecule has 0 spiro atoms. The third-order valence-corrected chi connectivity index (χ3v) is 6.77. The van der Waals surface area contributed by atoms with Gasteiger partial charge in [-0.2, -0.15) is 5.06 Å².